The predicted molar refractivity (Wildman–Crippen MR) is 238 cm³/mol. The number of aliphatic imine (C=N–C) groups is 2. The van der Waals surface area contributed by atoms with E-state index in [0.717, 1.165) is 50.5 Å². The van der Waals surface area contributed by atoms with E-state index in [-0.39, 0.29) is 11.6 Å². The summed E-state index contributed by atoms with van der Waals surface area (Å²) >= 11 is 0. The lowest BCUT2D eigenvalue weighted by atomic mass is 9.70. The fourth-order valence-corrected chi connectivity index (χ4v) is 10.5. The van der Waals surface area contributed by atoms with Crippen molar-refractivity contribution in [1.29, 1.82) is 0 Å². The largest absolute Gasteiger partial charge is 0.324 e. The Morgan fingerprint density at radius 1 is 0.431 bits per heavy atom. The number of hydrogen-bond acceptors (Lipinski definition) is 3. The minimum absolute atomic E-state index is 0.376. The van der Waals surface area contributed by atoms with Crippen molar-refractivity contribution in [2.75, 3.05) is 0 Å². The van der Waals surface area contributed by atoms with Crippen LogP contribution in [0.2, 0.25) is 0 Å². The third-order valence-electron chi connectivity index (χ3n) is 12.8. The van der Waals surface area contributed by atoms with Crippen LogP contribution in [0, 0.1) is 0 Å². The Balaban J connectivity index is 1.03. The van der Waals surface area contributed by atoms with E-state index in [9.17, 15) is 0 Å². The molecule has 1 spiro atoms. The van der Waals surface area contributed by atoms with Crippen LogP contribution < -0.4 is 5.32 Å². The molecule has 0 amide bonds. The van der Waals surface area contributed by atoms with Gasteiger partial charge in [-0.25, -0.2) is 9.98 Å². The van der Waals surface area contributed by atoms with Crippen LogP contribution in [-0.4, -0.2) is 16.2 Å². The van der Waals surface area contributed by atoms with E-state index >= 15 is 0 Å². The third kappa shape index (κ3) is 4.13. The molecule has 2 heterocycles. The molecule has 4 nitrogen and oxygen atoms in total. The van der Waals surface area contributed by atoms with Gasteiger partial charge in [-0.15, -0.1) is 0 Å². The number of rotatable bonds is 4. The highest BCUT2D eigenvalue weighted by Gasteiger charge is 2.50. The number of nitrogens with one attached hydrogen (secondary N) is 1. The lowest BCUT2D eigenvalue weighted by molar-refractivity contribution is 0.756. The Kier molecular flexibility index (Phi) is 6.40. The normalized spacial score (nSPS) is 15.9. The van der Waals surface area contributed by atoms with Crippen LogP contribution in [0.1, 0.15) is 45.1 Å². The Morgan fingerprint density at radius 3 is 1.83 bits per heavy atom. The quantitative estimate of drug-likeness (QED) is 0.180. The van der Waals surface area contributed by atoms with Gasteiger partial charge in [-0.3, -0.25) is 0 Å². The SMILES string of the molecule is c1ccc(C2=NC(c3ccccc3)N=C(c3cccc4c3c3ccccc3n4-c3ccc4c(c3)-c3ccccc3C43c4cccc5ccc6cccc3c6c45)N2)cc1. The van der Waals surface area contributed by atoms with Crippen molar-refractivity contribution < 1.29 is 0 Å². The molecule has 0 bridgehead atoms. The maximum absolute atomic E-state index is 5.31. The van der Waals surface area contributed by atoms with Crippen LogP contribution in [0.3, 0.4) is 0 Å². The maximum Gasteiger partial charge on any atom is 0.169 e. The topological polar surface area (TPSA) is 41.7 Å². The van der Waals surface area contributed by atoms with Crippen molar-refractivity contribution in [3.63, 3.8) is 0 Å². The number of nitrogens with zero attached hydrogens (tertiary/aromatic N) is 3. The number of amidine groups is 2. The van der Waals surface area contributed by atoms with Crippen LogP contribution in [0.4, 0.5) is 0 Å². The number of hydrogen-bond donors (Lipinski definition) is 1. The Morgan fingerprint density at radius 2 is 1.03 bits per heavy atom. The molecular formula is C54H34N4. The molecule has 0 radical (unpaired) electrons. The van der Waals surface area contributed by atoms with Gasteiger partial charge in [-0.2, -0.15) is 0 Å². The Hall–Kier alpha value is -7.56. The Bertz CT molecular complexity index is 3370. The van der Waals surface area contributed by atoms with Crippen molar-refractivity contribution in [1.82, 2.24) is 9.88 Å². The number of aromatic nitrogens is 1. The summed E-state index contributed by atoms with van der Waals surface area (Å²) in [6.07, 6.45) is -0.376. The molecule has 1 N–H and O–H groups in total. The molecule has 0 fully saturated rings. The summed E-state index contributed by atoms with van der Waals surface area (Å²) in [4.78, 5) is 10.4. The number of benzene rings is 9. The molecule has 2 aliphatic carbocycles. The van der Waals surface area contributed by atoms with Crippen molar-refractivity contribution in [2.24, 2.45) is 9.98 Å². The number of para-hydroxylation sites is 1. The van der Waals surface area contributed by atoms with Crippen LogP contribution in [-0.2, 0) is 5.41 Å². The second-order valence-corrected chi connectivity index (χ2v) is 15.7. The van der Waals surface area contributed by atoms with Gasteiger partial charge < -0.3 is 9.88 Å². The lowest BCUT2D eigenvalue weighted by Gasteiger charge is -2.31. The molecule has 10 aromatic rings. The summed E-state index contributed by atoms with van der Waals surface area (Å²) in [6, 6.07) is 70.7. The highest BCUT2D eigenvalue weighted by molar-refractivity contribution is 6.25. The maximum atomic E-state index is 5.31. The van der Waals surface area contributed by atoms with E-state index in [2.05, 4.69) is 192 Å². The van der Waals surface area contributed by atoms with E-state index < -0.39 is 0 Å². The van der Waals surface area contributed by atoms with E-state index in [1.807, 2.05) is 12.1 Å². The van der Waals surface area contributed by atoms with Crippen LogP contribution in [0.25, 0.3) is 60.2 Å². The average molecular weight is 739 g/mol. The van der Waals surface area contributed by atoms with Gasteiger partial charge in [0.05, 0.1) is 16.4 Å². The first-order valence-electron chi connectivity index (χ1n) is 20.0. The molecule has 4 heteroatoms. The molecule has 0 saturated carbocycles. The van der Waals surface area contributed by atoms with E-state index in [4.69, 9.17) is 9.98 Å². The van der Waals surface area contributed by atoms with E-state index in [1.165, 1.54) is 60.3 Å². The van der Waals surface area contributed by atoms with Crippen LogP contribution >= 0.6 is 0 Å². The van der Waals surface area contributed by atoms with Crippen molar-refractivity contribution in [3.05, 3.63) is 233 Å². The van der Waals surface area contributed by atoms with Gasteiger partial charge in [0.2, 0.25) is 0 Å². The van der Waals surface area contributed by atoms with Crippen LogP contribution in [0.15, 0.2) is 204 Å². The van der Waals surface area contributed by atoms with Crippen molar-refractivity contribution >= 4 is 55.0 Å². The molecule has 13 rings (SSSR count). The predicted octanol–water partition coefficient (Wildman–Crippen LogP) is 12.3. The van der Waals surface area contributed by atoms with Crippen LogP contribution in [0.5, 0.6) is 0 Å². The molecular weight excluding hydrogens is 705 g/mol. The van der Waals surface area contributed by atoms with Crippen molar-refractivity contribution in [3.8, 4) is 16.8 Å². The summed E-state index contributed by atoms with van der Waals surface area (Å²) in [6.45, 7) is 0. The molecule has 1 aliphatic heterocycles. The zero-order valence-corrected chi connectivity index (χ0v) is 31.4. The second kappa shape index (κ2) is 11.7. The summed E-state index contributed by atoms with van der Waals surface area (Å²) in [7, 11) is 0. The highest BCUT2D eigenvalue weighted by Crippen LogP contribution is 2.62. The monoisotopic (exact) mass is 738 g/mol. The molecule has 0 saturated heterocycles. The van der Waals surface area contributed by atoms with Crippen molar-refractivity contribution in [2.45, 2.75) is 11.6 Å². The molecule has 3 aliphatic rings. The van der Waals surface area contributed by atoms with E-state index in [0.29, 0.717) is 0 Å². The van der Waals surface area contributed by atoms with Gasteiger partial charge in [0, 0.05) is 27.6 Å². The zero-order chi connectivity index (χ0) is 38.0. The van der Waals surface area contributed by atoms with Gasteiger partial charge in [-0.05, 0) is 84.8 Å². The zero-order valence-electron chi connectivity index (χ0n) is 31.4. The lowest BCUT2D eigenvalue weighted by Crippen LogP contribution is -2.36. The molecule has 9 aromatic carbocycles. The smallest absolute Gasteiger partial charge is 0.169 e. The first-order chi connectivity index (χ1) is 28.8. The summed E-state index contributed by atoms with van der Waals surface area (Å²) in [5.41, 5.74) is 14.2. The molecule has 58 heavy (non-hydrogen) atoms. The summed E-state index contributed by atoms with van der Waals surface area (Å²) in [5.74, 6) is 1.62. The summed E-state index contributed by atoms with van der Waals surface area (Å²) in [5, 5.41) is 11.4. The standard InChI is InChI=1S/C54H34N4/c1-3-14-35(15-4-1)51-55-52(36-16-5-2-6-17-36)57-53(56-51)40-22-13-27-47-50(40)39-21-8-10-26-46(39)58(47)37-30-31-43-41(32-37)38-20-7-9-23-42(38)54(43)44-24-11-18-33-28-29-34-19-12-25-45(54)49(34)48(33)44/h1-32,51H,(H,55,56,57). The average Bonchev–Trinajstić information content (AvgIpc) is 3.91. The minimum Gasteiger partial charge on any atom is -0.324 e. The van der Waals surface area contributed by atoms with Gasteiger partial charge >= 0.3 is 0 Å². The highest BCUT2D eigenvalue weighted by atomic mass is 15.2. The number of fused-ring (bicyclic) bond motifs is 10. The van der Waals surface area contributed by atoms with E-state index in [1.54, 1.807) is 0 Å². The fourth-order valence-electron chi connectivity index (χ4n) is 10.5. The first kappa shape index (κ1) is 31.6. The molecule has 270 valence electrons. The van der Waals surface area contributed by atoms with Gasteiger partial charge in [0.1, 0.15) is 11.7 Å². The molecule has 1 atom stereocenters. The molecule has 1 unspecified atom stereocenters. The minimum atomic E-state index is -0.390. The summed E-state index contributed by atoms with van der Waals surface area (Å²) < 4.78 is 2.44. The second-order valence-electron chi connectivity index (χ2n) is 15.7. The third-order valence-corrected chi connectivity index (χ3v) is 12.8. The van der Waals surface area contributed by atoms with Gasteiger partial charge in [0.25, 0.3) is 0 Å². The van der Waals surface area contributed by atoms with Gasteiger partial charge in [-0.1, -0.05) is 170 Å². The fraction of sp³-hybridized carbons (Fsp3) is 0.0370. The van der Waals surface area contributed by atoms with Gasteiger partial charge in [0.15, 0.2) is 6.17 Å². The molecule has 1 aromatic heterocycles. The first-order valence-corrected chi connectivity index (χ1v) is 20.0. The Labute approximate surface area is 335 Å².